The molecular weight excluding hydrogens is 965 g/mol. The van der Waals surface area contributed by atoms with E-state index in [1.807, 2.05) is 74.5 Å². The van der Waals surface area contributed by atoms with Crippen molar-refractivity contribution < 1.29 is 38.4 Å². The highest BCUT2D eigenvalue weighted by atomic mass is 16.2. The quantitative estimate of drug-likeness (QED) is 0.0804. The lowest BCUT2D eigenvalue weighted by atomic mass is 9.83. The van der Waals surface area contributed by atoms with Gasteiger partial charge in [-0.05, 0) is 128 Å². The molecule has 0 bridgehead atoms. The maximum Gasteiger partial charge on any atom is 0.251 e. The van der Waals surface area contributed by atoms with Gasteiger partial charge in [-0.25, -0.2) is 0 Å². The first kappa shape index (κ1) is 57.1. The van der Waals surface area contributed by atoms with Crippen molar-refractivity contribution in [3.8, 4) is 0 Å². The molecule has 4 aliphatic rings. The second-order valence-corrected chi connectivity index (χ2v) is 21.5. The Morgan fingerprint density at radius 3 is 1.13 bits per heavy atom. The average molecular weight is 1050 g/mol. The van der Waals surface area contributed by atoms with Gasteiger partial charge in [-0.3, -0.25) is 38.4 Å². The van der Waals surface area contributed by atoms with Crippen LogP contribution in [0.4, 0.5) is 0 Å². The Bertz CT molecular complexity index is 2310. The van der Waals surface area contributed by atoms with Gasteiger partial charge >= 0.3 is 0 Å². The van der Waals surface area contributed by atoms with Crippen LogP contribution >= 0.6 is 0 Å². The third-order valence-electron chi connectivity index (χ3n) is 16.2. The number of likely N-dealkylation sites (N-methyl/N-ethyl adjacent to an activating group) is 2. The number of nitrogens with zero attached hydrogens (tertiary/aromatic N) is 2. The largest absolute Gasteiger partial charge is 0.348 e. The Balaban J connectivity index is 1.05. The number of nitrogens with one attached hydrogen (secondary N) is 8. The first-order valence-electron chi connectivity index (χ1n) is 27.5. The van der Waals surface area contributed by atoms with Crippen LogP contribution in [0.2, 0.25) is 0 Å². The van der Waals surface area contributed by atoms with Gasteiger partial charge in [0.1, 0.15) is 24.2 Å². The fourth-order valence-corrected chi connectivity index (χ4v) is 11.3. The number of benzene rings is 3. The summed E-state index contributed by atoms with van der Waals surface area (Å²) < 4.78 is 0. The maximum atomic E-state index is 14.8. The van der Waals surface area contributed by atoms with Crippen LogP contribution in [0.25, 0.3) is 0 Å². The lowest BCUT2D eigenvalue weighted by molar-refractivity contribution is -0.143. The molecule has 0 unspecified atom stereocenters. The first-order chi connectivity index (χ1) is 36.6. The lowest BCUT2D eigenvalue weighted by Crippen LogP contribution is -2.58. The second-order valence-electron chi connectivity index (χ2n) is 21.5. The van der Waals surface area contributed by atoms with Crippen molar-refractivity contribution in [1.82, 2.24) is 52.3 Å². The molecule has 4 fully saturated rings. The monoisotopic (exact) mass is 1040 g/mol. The molecule has 7 rings (SSSR count). The first-order valence-corrected chi connectivity index (χ1v) is 27.5. The lowest BCUT2D eigenvalue weighted by Gasteiger charge is -2.35. The van der Waals surface area contributed by atoms with Crippen LogP contribution in [-0.4, -0.2) is 133 Å². The number of hydrogen-bond acceptors (Lipinski definition) is 10. The van der Waals surface area contributed by atoms with Crippen LogP contribution in [0.1, 0.15) is 149 Å². The molecule has 2 saturated heterocycles. The normalized spacial score (nSPS) is 22.4. The van der Waals surface area contributed by atoms with E-state index < -0.39 is 60.1 Å². The third kappa shape index (κ3) is 14.4. The van der Waals surface area contributed by atoms with Crippen molar-refractivity contribution in [1.29, 1.82) is 0 Å². The summed E-state index contributed by atoms with van der Waals surface area (Å²) in [6, 6.07) is 18.5. The average Bonchev–Trinajstić information content (AvgIpc) is 4.08. The van der Waals surface area contributed by atoms with Crippen LogP contribution in [0.5, 0.6) is 0 Å². The molecule has 18 heteroatoms. The van der Waals surface area contributed by atoms with Crippen molar-refractivity contribution in [2.75, 3.05) is 27.2 Å². The van der Waals surface area contributed by atoms with E-state index in [-0.39, 0.29) is 96.4 Å². The molecule has 18 nitrogen and oxygen atoms in total. The van der Waals surface area contributed by atoms with E-state index in [0.717, 1.165) is 75.3 Å². The Labute approximate surface area is 447 Å². The predicted molar refractivity (Wildman–Crippen MR) is 289 cm³/mol. The maximum absolute atomic E-state index is 14.8. The van der Waals surface area contributed by atoms with Crippen molar-refractivity contribution in [3.63, 3.8) is 0 Å². The van der Waals surface area contributed by atoms with Crippen molar-refractivity contribution in [2.24, 2.45) is 11.8 Å². The van der Waals surface area contributed by atoms with E-state index in [1.54, 1.807) is 27.9 Å². The molecule has 10 atom stereocenters. The van der Waals surface area contributed by atoms with Gasteiger partial charge in [-0.2, -0.15) is 0 Å². The van der Waals surface area contributed by atoms with E-state index in [2.05, 4.69) is 42.5 Å². The zero-order valence-corrected chi connectivity index (χ0v) is 45.1. The molecule has 8 N–H and O–H groups in total. The van der Waals surface area contributed by atoms with E-state index in [9.17, 15) is 38.4 Å². The Morgan fingerprint density at radius 1 is 0.461 bits per heavy atom. The highest BCUT2D eigenvalue weighted by Gasteiger charge is 2.47. The summed E-state index contributed by atoms with van der Waals surface area (Å²) in [6.45, 7) is 7.27. The van der Waals surface area contributed by atoms with Crippen molar-refractivity contribution in [3.05, 3.63) is 107 Å². The summed E-state index contributed by atoms with van der Waals surface area (Å²) in [5.74, 6) is -3.23. The van der Waals surface area contributed by atoms with Gasteiger partial charge in [0.15, 0.2) is 0 Å². The van der Waals surface area contributed by atoms with Crippen LogP contribution in [-0.2, 0) is 28.8 Å². The predicted octanol–water partition coefficient (Wildman–Crippen LogP) is 4.19. The van der Waals surface area contributed by atoms with Crippen LogP contribution in [0.3, 0.4) is 0 Å². The molecule has 2 aliphatic heterocycles. The molecule has 2 aliphatic carbocycles. The van der Waals surface area contributed by atoms with Crippen molar-refractivity contribution in [2.45, 2.75) is 165 Å². The van der Waals surface area contributed by atoms with Crippen LogP contribution < -0.4 is 42.5 Å². The minimum atomic E-state index is -0.932. The number of carbonyl (C=O) groups excluding carboxylic acids is 8. The zero-order chi connectivity index (χ0) is 54.5. The smallest absolute Gasteiger partial charge is 0.251 e. The standard InChI is InChI=1S/C58H80N10O8/c1-35(39-19-11-7-12-20-39)61-55(73)47-31-45(33-67(47)57(75)49(41-23-15-9-16-24-41)65-51(69)37(3)59-5)63-53(71)43-27-29-44(30-28-43)54(72)64-46-32-48(56(74)62-36(2)40-21-13-8-14-22-40)68(34-46)58(76)50(42-25-17-10-18-26-42)66-52(70)38(4)60-6/h7-8,11-14,19-22,27-30,35-38,41-42,45-50,59-60H,9-10,15-18,23-26,31-34H2,1-6H3,(H,61,73)(H,62,74)(H,63,71)(H,64,72)(H,65,69)(H,66,70)/t35-,36-,37+,38+,45+,46+,47+,48+,49+,50+/m1/s1. The summed E-state index contributed by atoms with van der Waals surface area (Å²) in [6.07, 6.45) is 9.12. The number of likely N-dealkylation sites (tertiary alicyclic amines) is 2. The fourth-order valence-electron chi connectivity index (χ4n) is 11.3. The van der Waals surface area contributed by atoms with Crippen LogP contribution in [0, 0.1) is 11.8 Å². The highest BCUT2D eigenvalue weighted by Crippen LogP contribution is 2.32. The molecule has 0 spiro atoms. The number of rotatable bonds is 20. The molecule has 8 amide bonds. The number of hydrogen-bond donors (Lipinski definition) is 8. The Hall–Kier alpha value is -6.66. The summed E-state index contributed by atoms with van der Waals surface area (Å²) in [5.41, 5.74) is 2.28. The SMILES string of the molecule is CN[C@@H](C)C(=O)N[C@H](C(=O)N1C[C@@H](NC(=O)c2ccc(C(=O)N[C@H]3C[C@@H](C(=O)N[C@H](C)c4ccccc4)N(C(=O)[C@@H](NC(=O)[C@H](C)NC)C4CCCCC4)C3)cc2)C[C@H]1C(=O)N[C@H](C)c1ccccc1)C1CCCCC1. The number of amides is 8. The molecule has 0 radical (unpaired) electrons. The van der Waals surface area contributed by atoms with Gasteiger partial charge in [-0.1, -0.05) is 99.2 Å². The van der Waals surface area contributed by atoms with Gasteiger partial charge in [0.05, 0.1) is 24.2 Å². The van der Waals surface area contributed by atoms with Gasteiger partial charge in [0.25, 0.3) is 11.8 Å². The highest BCUT2D eigenvalue weighted by molar-refractivity contribution is 5.99. The van der Waals surface area contributed by atoms with E-state index >= 15 is 0 Å². The summed E-state index contributed by atoms with van der Waals surface area (Å²) >= 11 is 0. The topological polar surface area (TPSA) is 239 Å². The molecule has 2 heterocycles. The molecule has 2 saturated carbocycles. The van der Waals surface area contributed by atoms with Crippen molar-refractivity contribution >= 4 is 47.3 Å². The summed E-state index contributed by atoms with van der Waals surface area (Å²) in [7, 11) is 3.36. The minimum Gasteiger partial charge on any atom is -0.348 e. The van der Waals surface area contributed by atoms with Gasteiger partial charge in [0, 0.05) is 36.3 Å². The molecule has 410 valence electrons. The third-order valence-corrected chi connectivity index (χ3v) is 16.2. The summed E-state index contributed by atoms with van der Waals surface area (Å²) in [4.78, 5) is 116. The molecule has 3 aromatic carbocycles. The van der Waals surface area contributed by atoms with Gasteiger partial charge in [0.2, 0.25) is 35.4 Å². The molecule has 3 aromatic rings. The second kappa shape index (κ2) is 26.9. The van der Waals surface area contributed by atoms with Gasteiger partial charge < -0.3 is 52.3 Å². The zero-order valence-electron chi connectivity index (χ0n) is 45.1. The Morgan fingerprint density at radius 2 is 0.803 bits per heavy atom. The van der Waals surface area contributed by atoms with E-state index in [1.165, 1.54) is 34.1 Å². The van der Waals surface area contributed by atoms with E-state index in [0.29, 0.717) is 0 Å². The van der Waals surface area contributed by atoms with Crippen LogP contribution in [0.15, 0.2) is 84.9 Å². The van der Waals surface area contributed by atoms with E-state index in [4.69, 9.17) is 0 Å². The summed E-state index contributed by atoms with van der Waals surface area (Å²) in [5, 5.41) is 24.2. The molecular formula is C58H80N10O8. The fraction of sp³-hybridized carbons (Fsp3) is 0.552. The molecule has 76 heavy (non-hydrogen) atoms. The number of carbonyl (C=O) groups is 8. The molecule has 0 aromatic heterocycles. The Kier molecular flexibility index (Phi) is 20.2. The van der Waals surface area contributed by atoms with Gasteiger partial charge in [-0.15, -0.1) is 0 Å². The minimum absolute atomic E-state index is 0.0392.